The summed E-state index contributed by atoms with van der Waals surface area (Å²) >= 11 is 0. The summed E-state index contributed by atoms with van der Waals surface area (Å²) in [6, 6.07) is 0. The first-order valence-electron chi connectivity index (χ1n) is 4.94. The van der Waals surface area contributed by atoms with Gasteiger partial charge in [-0.15, -0.1) is 0 Å². The zero-order valence-electron chi connectivity index (χ0n) is 8.42. The fourth-order valence-electron chi connectivity index (χ4n) is 1.36. The van der Waals surface area contributed by atoms with Crippen LogP contribution < -0.4 is 5.69 Å². The number of nitrogens with one attached hydrogen (secondary N) is 1. The molecule has 1 heterocycles. The highest BCUT2D eigenvalue weighted by atomic mass is 16.1. The van der Waals surface area contributed by atoms with Crippen molar-refractivity contribution in [3.05, 3.63) is 22.9 Å². The van der Waals surface area contributed by atoms with Crippen LogP contribution in [0.5, 0.6) is 0 Å². The van der Waals surface area contributed by atoms with Crippen LogP contribution in [0.4, 0.5) is 0 Å². The maximum absolute atomic E-state index is 11.1. The van der Waals surface area contributed by atoms with Gasteiger partial charge in [-0.2, -0.15) is 0 Å². The van der Waals surface area contributed by atoms with E-state index in [2.05, 4.69) is 18.8 Å². The van der Waals surface area contributed by atoms with Gasteiger partial charge in [-0.25, -0.2) is 4.79 Å². The minimum atomic E-state index is 0.00421. The van der Waals surface area contributed by atoms with Crippen LogP contribution in [0.15, 0.2) is 17.2 Å². The average molecular weight is 182 g/mol. The molecule has 0 fully saturated rings. The largest absolute Gasteiger partial charge is 0.325 e. The average Bonchev–Trinajstić information content (AvgIpc) is 2.45. The van der Waals surface area contributed by atoms with E-state index in [9.17, 15) is 4.79 Å². The third-order valence-corrected chi connectivity index (χ3v) is 2.15. The maximum atomic E-state index is 11.1. The molecule has 0 spiro atoms. The Labute approximate surface area is 78.8 Å². The molecule has 1 aromatic heterocycles. The number of H-pyrrole nitrogens is 1. The van der Waals surface area contributed by atoms with Crippen molar-refractivity contribution in [2.75, 3.05) is 0 Å². The summed E-state index contributed by atoms with van der Waals surface area (Å²) < 4.78 is 1.72. The number of aromatic nitrogens is 2. The topological polar surface area (TPSA) is 37.8 Å². The fraction of sp³-hybridized carbons (Fsp3) is 0.700. The van der Waals surface area contributed by atoms with Crippen LogP contribution in [0.2, 0.25) is 0 Å². The molecular formula is C10H18N2O. The Morgan fingerprint density at radius 3 is 2.77 bits per heavy atom. The van der Waals surface area contributed by atoms with Crippen LogP contribution in [0, 0.1) is 5.92 Å². The predicted octanol–water partition coefficient (Wildman–Crippen LogP) is 2.00. The van der Waals surface area contributed by atoms with E-state index in [0.717, 1.165) is 18.9 Å². The van der Waals surface area contributed by atoms with Gasteiger partial charge in [-0.1, -0.05) is 26.7 Å². The van der Waals surface area contributed by atoms with Crippen molar-refractivity contribution >= 4 is 0 Å². The first-order valence-corrected chi connectivity index (χ1v) is 4.94. The van der Waals surface area contributed by atoms with Crippen molar-refractivity contribution < 1.29 is 0 Å². The summed E-state index contributed by atoms with van der Waals surface area (Å²) in [5.74, 6) is 0.767. The van der Waals surface area contributed by atoms with Crippen LogP contribution in [-0.4, -0.2) is 9.55 Å². The van der Waals surface area contributed by atoms with E-state index in [4.69, 9.17) is 0 Å². The second-order valence-corrected chi connectivity index (χ2v) is 3.85. The van der Waals surface area contributed by atoms with Gasteiger partial charge in [0.05, 0.1) is 0 Å². The predicted molar refractivity (Wildman–Crippen MR) is 53.7 cm³/mol. The zero-order chi connectivity index (χ0) is 9.68. The van der Waals surface area contributed by atoms with Crippen molar-refractivity contribution in [3.63, 3.8) is 0 Å². The van der Waals surface area contributed by atoms with Crippen molar-refractivity contribution in [1.82, 2.24) is 9.55 Å². The summed E-state index contributed by atoms with van der Waals surface area (Å²) in [6.07, 6.45) is 7.03. The van der Waals surface area contributed by atoms with E-state index in [1.807, 2.05) is 0 Å². The molecule has 0 aliphatic heterocycles. The first-order chi connectivity index (χ1) is 6.20. The Kier molecular flexibility index (Phi) is 3.80. The quantitative estimate of drug-likeness (QED) is 0.695. The molecule has 0 amide bonds. The Hall–Kier alpha value is -0.990. The number of aryl methyl sites for hydroxylation is 1. The smallest absolute Gasteiger partial charge is 0.313 e. The maximum Gasteiger partial charge on any atom is 0.325 e. The normalized spacial score (nSPS) is 11.0. The number of rotatable bonds is 5. The monoisotopic (exact) mass is 182 g/mol. The molecular weight excluding hydrogens is 164 g/mol. The van der Waals surface area contributed by atoms with Crippen LogP contribution in [0.25, 0.3) is 0 Å². The Balaban J connectivity index is 2.21. The fourth-order valence-corrected chi connectivity index (χ4v) is 1.36. The van der Waals surface area contributed by atoms with Crippen molar-refractivity contribution in [2.24, 2.45) is 5.92 Å². The van der Waals surface area contributed by atoms with Gasteiger partial charge in [-0.05, 0) is 12.3 Å². The number of hydrogen-bond donors (Lipinski definition) is 1. The minimum Gasteiger partial charge on any atom is -0.313 e. The van der Waals surface area contributed by atoms with E-state index in [1.54, 1.807) is 17.0 Å². The standard InChI is InChI=1S/C10H18N2O/c1-9(2)5-3-4-7-12-8-6-11-10(12)13/h6,8-9H,3-5,7H2,1-2H3,(H,11,13). The summed E-state index contributed by atoms with van der Waals surface area (Å²) in [7, 11) is 0. The Bertz CT molecular complexity index is 285. The van der Waals surface area contributed by atoms with Crippen molar-refractivity contribution in [2.45, 2.75) is 39.7 Å². The third kappa shape index (κ3) is 3.49. The van der Waals surface area contributed by atoms with Crippen LogP contribution in [-0.2, 0) is 6.54 Å². The van der Waals surface area contributed by atoms with Gasteiger partial charge < -0.3 is 4.98 Å². The number of aromatic amines is 1. The molecule has 3 heteroatoms. The van der Waals surface area contributed by atoms with Crippen LogP contribution in [0.3, 0.4) is 0 Å². The number of nitrogens with zero attached hydrogens (tertiary/aromatic N) is 1. The molecule has 0 saturated carbocycles. The van der Waals surface area contributed by atoms with Gasteiger partial charge in [0.2, 0.25) is 0 Å². The molecule has 74 valence electrons. The van der Waals surface area contributed by atoms with Gasteiger partial charge in [0, 0.05) is 18.9 Å². The van der Waals surface area contributed by atoms with Gasteiger partial charge >= 0.3 is 5.69 Å². The van der Waals surface area contributed by atoms with Crippen LogP contribution in [0.1, 0.15) is 33.1 Å². The molecule has 1 rings (SSSR count). The minimum absolute atomic E-state index is 0.00421. The lowest BCUT2D eigenvalue weighted by molar-refractivity contribution is 0.505. The highest BCUT2D eigenvalue weighted by Gasteiger charge is 1.97. The summed E-state index contributed by atoms with van der Waals surface area (Å²) in [5.41, 5.74) is 0.00421. The molecule has 0 bridgehead atoms. The molecule has 0 aliphatic carbocycles. The van der Waals surface area contributed by atoms with E-state index >= 15 is 0 Å². The number of imidazole rings is 1. The lowest BCUT2D eigenvalue weighted by atomic mass is 10.1. The molecule has 0 radical (unpaired) electrons. The highest BCUT2D eigenvalue weighted by Crippen LogP contribution is 2.06. The second kappa shape index (κ2) is 4.90. The highest BCUT2D eigenvalue weighted by molar-refractivity contribution is 4.75. The third-order valence-electron chi connectivity index (χ3n) is 2.15. The van der Waals surface area contributed by atoms with E-state index in [0.29, 0.717) is 0 Å². The molecule has 0 atom stereocenters. The zero-order valence-corrected chi connectivity index (χ0v) is 8.42. The SMILES string of the molecule is CC(C)CCCCn1cc[nH]c1=O. The Morgan fingerprint density at radius 2 is 2.23 bits per heavy atom. The molecule has 0 aromatic carbocycles. The van der Waals surface area contributed by atoms with Gasteiger partial charge in [-0.3, -0.25) is 4.57 Å². The van der Waals surface area contributed by atoms with Crippen molar-refractivity contribution in [3.8, 4) is 0 Å². The molecule has 0 saturated heterocycles. The number of hydrogen-bond acceptors (Lipinski definition) is 1. The van der Waals surface area contributed by atoms with E-state index < -0.39 is 0 Å². The molecule has 0 unspecified atom stereocenters. The molecule has 0 aliphatic rings. The summed E-state index contributed by atoms with van der Waals surface area (Å²) in [5, 5.41) is 0. The lowest BCUT2D eigenvalue weighted by Crippen LogP contribution is -2.16. The summed E-state index contributed by atoms with van der Waals surface area (Å²) in [6.45, 7) is 5.29. The van der Waals surface area contributed by atoms with E-state index in [-0.39, 0.29) is 5.69 Å². The lowest BCUT2D eigenvalue weighted by Gasteiger charge is -2.03. The molecule has 13 heavy (non-hydrogen) atoms. The first kappa shape index (κ1) is 10.1. The molecule has 3 nitrogen and oxygen atoms in total. The van der Waals surface area contributed by atoms with Gasteiger partial charge in [0.15, 0.2) is 0 Å². The second-order valence-electron chi connectivity index (χ2n) is 3.85. The molecule has 1 N–H and O–H groups in total. The van der Waals surface area contributed by atoms with Gasteiger partial charge in [0.1, 0.15) is 0 Å². The van der Waals surface area contributed by atoms with Gasteiger partial charge in [0.25, 0.3) is 0 Å². The van der Waals surface area contributed by atoms with E-state index in [1.165, 1.54) is 12.8 Å². The number of unbranched alkanes of at least 4 members (excludes halogenated alkanes) is 1. The Morgan fingerprint density at radius 1 is 1.46 bits per heavy atom. The molecule has 1 aromatic rings. The van der Waals surface area contributed by atoms with Crippen molar-refractivity contribution in [1.29, 1.82) is 0 Å². The summed E-state index contributed by atoms with van der Waals surface area (Å²) in [4.78, 5) is 13.7. The van der Waals surface area contributed by atoms with Crippen LogP contribution >= 0.6 is 0 Å².